The van der Waals surface area contributed by atoms with Crippen LogP contribution < -0.4 is 0 Å². The first-order valence-corrected chi connectivity index (χ1v) is 12.6. The summed E-state index contributed by atoms with van der Waals surface area (Å²) in [6.07, 6.45) is 7.22. The van der Waals surface area contributed by atoms with Crippen molar-refractivity contribution in [3.8, 4) is 0 Å². The quantitative estimate of drug-likeness (QED) is 0.158. The second kappa shape index (κ2) is 15.8. The van der Waals surface area contributed by atoms with E-state index < -0.39 is 0 Å². The van der Waals surface area contributed by atoms with Crippen LogP contribution in [-0.2, 0) is 14.3 Å². The van der Waals surface area contributed by atoms with Gasteiger partial charge in [-0.3, -0.25) is 9.59 Å². The van der Waals surface area contributed by atoms with Crippen molar-refractivity contribution in [2.45, 2.75) is 70.1 Å². The highest BCUT2D eigenvalue weighted by atomic mass is 35.5. The summed E-state index contributed by atoms with van der Waals surface area (Å²) in [5.74, 6) is 0.201. The Hall–Kier alpha value is -0.910. The minimum absolute atomic E-state index is 0.138. The van der Waals surface area contributed by atoms with Crippen molar-refractivity contribution in [1.29, 1.82) is 0 Å². The molecule has 170 valence electrons. The molecule has 1 aromatic carbocycles. The molecule has 0 N–H and O–H groups in total. The second-order valence-electron chi connectivity index (χ2n) is 7.44. The van der Waals surface area contributed by atoms with Crippen molar-refractivity contribution in [3.63, 3.8) is 0 Å². The summed E-state index contributed by atoms with van der Waals surface area (Å²) in [5, 5.41) is 1.01. The third-order valence-corrected chi connectivity index (χ3v) is 6.89. The number of halogens is 2. The number of ether oxygens (including phenoxy) is 1. The molecule has 0 aromatic heterocycles. The fourth-order valence-electron chi connectivity index (χ4n) is 3.13. The molecule has 0 spiro atoms. The van der Waals surface area contributed by atoms with E-state index >= 15 is 0 Å². The Labute approximate surface area is 196 Å². The van der Waals surface area contributed by atoms with E-state index in [4.69, 9.17) is 27.9 Å². The summed E-state index contributed by atoms with van der Waals surface area (Å²) in [4.78, 5) is 28.1. The first-order valence-electron chi connectivity index (χ1n) is 10.9. The maximum Gasteiger partial charge on any atom is 0.305 e. The van der Waals surface area contributed by atoms with Crippen LogP contribution in [0.25, 0.3) is 0 Å². The molecule has 0 fully saturated rings. The Morgan fingerprint density at radius 1 is 1.03 bits per heavy atom. The maximum atomic E-state index is 13.4. The van der Waals surface area contributed by atoms with E-state index in [-0.39, 0.29) is 24.2 Å². The average molecular weight is 477 g/mol. The Kier molecular flexibility index (Phi) is 14.3. The Morgan fingerprint density at radius 3 is 2.20 bits per heavy atom. The highest BCUT2D eigenvalue weighted by molar-refractivity contribution is 7.99. The number of hydrogen-bond acceptors (Lipinski definition) is 4. The van der Waals surface area contributed by atoms with Gasteiger partial charge >= 0.3 is 5.97 Å². The summed E-state index contributed by atoms with van der Waals surface area (Å²) in [5.41, 5.74) is 0. The van der Waals surface area contributed by atoms with Crippen molar-refractivity contribution < 1.29 is 14.3 Å². The van der Waals surface area contributed by atoms with Gasteiger partial charge in [0.2, 0.25) is 5.91 Å². The zero-order valence-electron chi connectivity index (χ0n) is 18.4. The van der Waals surface area contributed by atoms with Gasteiger partial charge in [0.25, 0.3) is 0 Å². The van der Waals surface area contributed by atoms with Crippen LogP contribution in [0.5, 0.6) is 0 Å². The molecule has 0 radical (unpaired) electrons. The molecule has 1 rings (SSSR count). The van der Waals surface area contributed by atoms with Gasteiger partial charge in [0.1, 0.15) is 0 Å². The lowest BCUT2D eigenvalue weighted by Crippen LogP contribution is -2.39. The van der Waals surface area contributed by atoms with Gasteiger partial charge in [0.15, 0.2) is 0 Å². The van der Waals surface area contributed by atoms with Gasteiger partial charge in [-0.05, 0) is 37.5 Å². The Balaban J connectivity index is 2.86. The fourth-order valence-corrected chi connectivity index (χ4v) is 4.56. The first-order chi connectivity index (χ1) is 14.4. The average Bonchev–Trinajstić information content (AvgIpc) is 2.74. The van der Waals surface area contributed by atoms with E-state index in [1.54, 1.807) is 17.8 Å². The summed E-state index contributed by atoms with van der Waals surface area (Å²) in [7, 11) is 1.38. The molecule has 0 saturated carbocycles. The molecule has 1 amide bonds. The lowest BCUT2D eigenvalue weighted by molar-refractivity contribution is -0.141. The molecule has 4 nitrogen and oxygen atoms in total. The first kappa shape index (κ1) is 27.1. The third kappa shape index (κ3) is 10.4. The SMILES string of the molecule is CCCCCN(CCCCC)C(=O)C(CCC(=O)OC)CSc1ccc(Cl)c(Cl)c1. The Morgan fingerprint density at radius 2 is 1.67 bits per heavy atom. The molecule has 7 heteroatoms. The number of carbonyl (C=O) groups excluding carboxylic acids is 2. The molecule has 0 heterocycles. The van der Waals surface area contributed by atoms with Crippen LogP contribution >= 0.6 is 35.0 Å². The predicted molar refractivity (Wildman–Crippen MR) is 128 cm³/mol. The number of unbranched alkanes of at least 4 members (excludes halogenated alkanes) is 4. The minimum atomic E-state index is -0.282. The zero-order chi connectivity index (χ0) is 22.4. The second-order valence-corrected chi connectivity index (χ2v) is 9.35. The molecule has 1 aromatic rings. The normalized spacial score (nSPS) is 11.9. The molecule has 0 bridgehead atoms. The van der Waals surface area contributed by atoms with Crippen LogP contribution in [0.4, 0.5) is 0 Å². The topological polar surface area (TPSA) is 46.6 Å². The third-order valence-electron chi connectivity index (χ3n) is 4.99. The largest absolute Gasteiger partial charge is 0.469 e. The van der Waals surface area contributed by atoms with E-state index in [1.165, 1.54) is 7.11 Å². The van der Waals surface area contributed by atoms with Gasteiger partial charge < -0.3 is 9.64 Å². The van der Waals surface area contributed by atoms with Gasteiger partial charge in [-0.25, -0.2) is 0 Å². The lowest BCUT2D eigenvalue weighted by Gasteiger charge is -2.27. The van der Waals surface area contributed by atoms with E-state index in [9.17, 15) is 9.59 Å². The number of amides is 1. The Bertz CT molecular complexity index is 647. The summed E-state index contributed by atoms with van der Waals surface area (Å²) in [6, 6.07) is 5.48. The summed E-state index contributed by atoms with van der Waals surface area (Å²) < 4.78 is 4.79. The van der Waals surface area contributed by atoms with Gasteiger partial charge in [-0.1, -0.05) is 62.7 Å². The van der Waals surface area contributed by atoms with Crippen molar-refractivity contribution in [2.75, 3.05) is 26.0 Å². The molecule has 0 saturated heterocycles. The predicted octanol–water partition coefficient (Wildman–Crippen LogP) is 6.86. The minimum Gasteiger partial charge on any atom is -0.469 e. The number of methoxy groups -OCH3 is 1. The smallest absolute Gasteiger partial charge is 0.305 e. The van der Waals surface area contributed by atoms with Crippen molar-refractivity contribution in [2.24, 2.45) is 5.92 Å². The van der Waals surface area contributed by atoms with Crippen molar-refractivity contribution in [3.05, 3.63) is 28.2 Å². The molecule has 0 aliphatic carbocycles. The number of esters is 1. The van der Waals surface area contributed by atoms with E-state index in [1.807, 2.05) is 17.0 Å². The zero-order valence-corrected chi connectivity index (χ0v) is 20.8. The number of benzene rings is 1. The van der Waals surface area contributed by atoms with Crippen molar-refractivity contribution >= 4 is 46.8 Å². The molecule has 1 atom stereocenters. The van der Waals surface area contributed by atoms with Gasteiger partial charge in [-0.2, -0.15) is 0 Å². The maximum absolute atomic E-state index is 13.4. The number of carbonyl (C=O) groups is 2. The van der Waals surface area contributed by atoms with Crippen LogP contribution in [-0.4, -0.2) is 42.7 Å². The number of nitrogens with zero attached hydrogens (tertiary/aromatic N) is 1. The van der Waals surface area contributed by atoms with Crippen LogP contribution in [0.3, 0.4) is 0 Å². The fraction of sp³-hybridized carbons (Fsp3) is 0.652. The standard InChI is InChI=1S/C23H35Cl2NO3S/c1-4-6-8-14-26(15-9-7-5-2)23(28)18(10-13-22(27)29-3)17-30-19-11-12-20(24)21(25)16-19/h11-12,16,18H,4-10,13-15,17H2,1-3H3. The molecule has 30 heavy (non-hydrogen) atoms. The number of rotatable bonds is 15. The summed E-state index contributed by atoms with van der Waals surface area (Å²) >= 11 is 13.7. The molecule has 0 aliphatic heterocycles. The van der Waals surface area contributed by atoms with Crippen molar-refractivity contribution in [1.82, 2.24) is 4.90 Å². The molecular weight excluding hydrogens is 441 g/mol. The molecule has 1 unspecified atom stereocenters. The van der Waals surface area contributed by atoms with E-state index in [0.29, 0.717) is 22.2 Å². The van der Waals surface area contributed by atoms with Crippen LogP contribution in [0, 0.1) is 5.92 Å². The van der Waals surface area contributed by atoms with Gasteiger partial charge in [-0.15, -0.1) is 11.8 Å². The van der Waals surface area contributed by atoms with Crippen LogP contribution in [0.2, 0.25) is 10.0 Å². The number of thioether (sulfide) groups is 1. The summed E-state index contributed by atoms with van der Waals surface area (Å²) in [6.45, 7) is 5.89. The monoisotopic (exact) mass is 475 g/mol. The highest BCUT2D eigenvalue weighted by Crippen LogP contribution is 2.30. The molecule has 0 aliphatic rings. The van der Waals surface area contributed by atoms with Crippen LogP contribution in [0.1, 0.15) is 65.2 Å². The number of hydrogen-bond donors (Lipinski definition) is 0. The van der Waals surface area contributed by atoms with Gasteiger partial charge in [0.05, 0.1) is 17.2 Å². The molecular formula is C23H35Cl2NO3S. The van der Waals surface area contributed by atoms with Crippen LogP contribution in [0.15, 0.2) is 23.1 Å². The van der Waals surface area contributed by atoms with E-state index in [0.717, 1.165) is 56.5 Å². The van der Waals surface area contributed by atoms with E-state index in [2.05, 4.69) is 13.8 Å². The highest BCUT2D eigenvalue weighted by Gasteiger charge is 2.25. The lowest BCUT2D eigenvalue weighted by atomic mass is 10.0. The van der Waals surface area contributed by atoms with Gasteiger partial charge in [0, 0.05) is 36.1 Å².